The van der Waals surface area contributed by atoms with Crippen LogP contribution < -0.4 is 4.90 Å². The van der Waals surface area contributed by atoms with Gasteiger partial charge in [-0.15, -0.1) is 0 Å². The number of carbonyl (C=O) groups is 1. The van der Waals surface area contributed by atoms with Gasteiger partial charge in [0.15, 0.2) is 0 Å². The highest BCUT2D eigenvalue weighted by molar-refractivity contribution is 6.31. The lowest BCUT2D eigenvalue weighted by Gasteiger charge is -2.20. The third-order valence-corrected chi connectivity index (χ3v) is 4.35. The van der Waals surface area contributed by atoms with Gasteiger partial charge in [0.05, 0.1) is 10.5 Å². The van der Waals surface area contributed by atoms with Gasteiger partial charge in [0.2, 0.25) is 0 Å². The van der Waals surface area contributed by atoms with Gasteiger partial charge in [-0.3, -0.25) is 10.1 Å². The van der Waals surface area contributed by atoms with Crippen molar-refractivity contribution in [2.24, 2.45) is 5.16 Å². The minimum absolute atomic E-state index is 0.00221. The molecule has 138 valence electrons. The predicted octanol–water partition coefficient (Wildman–Crippen LogP) is 3.79. The van der Waals surface area contributed by atoms with Crippen molar-refractivity contribution in [1.29, 1.82) is 0 Å². The van der Waals surface area contributed by atoms with Gasteiger partial charge in [0.1, 0.15) is 11.4 Å². The topological polar surface area (TPSA) is 85.0 Å². The maximum absolute atomic E-state index is 12.1. The monoisotopic (exact) mass is 365 g/mol. The van der Waals surface area contributed by atoms with Crippen LogP contribution in [0.15, 0.2) is 59.3 Å². The van der Waals surface area contributed by atoms with Crippen LogP contribution in [0.5, 0.6) is 0 Å². The summed E-state index contributed by atoms with van der Waals surface area (Å²) in [7, 11) is 0. The van der Waals surface area contributed by atoms with Gasteiger partial charge >= 0.3 is 5.97 Å². The maximum Gasteiger partial charge on any atom is 0.368 e. The molecule has 0 spiro atoms. The Morgan fingerprint density at radius 2 is 1.85 bits per heavy atom. The summed E-state index contributed by atoms with van der Waals surface area (Å²) < 4.78 is 0. The summed E-state index contributed by atoms with van der Waals surface area (Å²) in [4.78, 5) is 30.0. The molecule has 1 aliphatic heterocycles. The van der Waals surface area contributed by atoms with Crippen molar-refractivity contribution in [3.05, 3.63) is 75.3 Å². The number of hydrogen-bond donors (Lipinski definition) is 0. The Balaban J connectivity index is 2.03. The van der Waals surface area contributed by atoms with E-state index in [9.17, 15) is 14.9 Å². The molecule has 0 atom stereocenters. The Morgan fingerprint density at radius 1 is 1.15 bits per heavy atom. The number of anilines is 1. The molecule has 0 N–H and O–H groups in total. The highest BCUT2D eigenvalue weighted by Gasteiger charge is 2.27. The summed E-state index contributed by atoms with van der Waals surface area (Å²) in [6, 6.07) is 14.1. The van der Waals surface area contributed by atoms with Crippen molar-refractivity contribution in [2.45, 2.75) is 13.8 Å². The van der Waals surface area contributed by atoms with E-state index < -0.39 is 10.9 Å². The standard InChI is InChI=1S/C20H19N3O4/c1-3-22(4-2)17-11-10-14(13-18(17)23(25)26)12-16-19(21-27-20(16)24)15-8-6-5-7-9-15/h5-13H,3-4H2,1-2H3/b16-12-. The van der Waals surface area contributed by atoms with Crippen molar-refractivity contribution >= 4 is 29.1 Å². The van der Waals surface area contributed by atoms with Crippen LogP contribution in [0, 0.1) is 10.1 Å². The first-order valence-electron chi connectivity index (χ1n) is 8.65. The van der Waals surface area contributed by atoms with Crippen LogP contribution in [-0.4, -0.2) is 29.7 Å². The molecule has 0 aromatic heterocycles. The van der Waals surface area contributed by atoms with Crippen LogP contribution in [0.25, 0.3) is 6.08 Å². The van der Waals surface area contributed by atoms with Gasteiger partial charge < -0.3 is 9.74 Å². The molecular formula is C20H19N3O4. The zero-order valence-electron chi connectivity index (χ0n) is 15.1. The van der Waals surface area contributed by atoms with E-state index in [4.69, 9.17) is 4.84 Å². The quantitative estimate of drug-likeness (QED) is 0.336. The number of nitro benzene ring substituents is 1. The van der Waals surface area contributed by atoms with Crippen molar-refractivity contribution in [1.82, 2.24) is 0 Å². The molecule has 7 nitrogen and oxygen atoms in total. The summed E-state index contributed by atoms with van der Waals surface area (Å²) in [5.41, 5.74) is 2.51. The summed E-state index contributed by atoms with van der Waals surface area (Å²) in [5.74, 6) is -0.579. The van der Waals surface area contributed by atoms with Crippen LogP contribution >= 0.6 is 0 Å². The van der Waals surface area contributed by atoms with E-state index in [1.807, 2.05) is 49.1 Å². The van der Waals surface area contributed by atoms with Crippen LogP contribution in [0.2, 0.25) is 0 Å². The van der Waals surface area contributed by atoms with Gasteiger partial charge in [-0.1, -0.05) is 41.6 Å². The Kier molecular flexibility index (Phi) is 5.30. The highest BCUT2D eigenvalue weighted by Crippen LogP contribution is 2.30. The Hall–Kier alpha value is -3.48. The fourth-order valence-electron chi connectivity index (χ4n) is 2.99. The van der Waals surface area contributed by atoms with Gasteiger partial charge in [-0.2, -0.15) is 0 Å². The molecule has 7 heteroatoms. The zero-order chi connectivity index (χ0) is 19.4. The van der Waals surface area contributed by atoms with E-state index in [0.717, 1.165) is 5.56 Å². The number of carbonyl (C=O) groups excluding carboxylic acids is 1. The lowest BCUT2D eigenvalue weighted by molar-refractivity contribution is -0.384. The second kappa shape index (κ2) is 7.82. The molecule has 0 unspecified atom stereocenters. The van der Waals surface area contributed by atoms with Crippen molar-refractivity contribution in [3.63, 3.8) is 0 Å². The molecule has 0 bridgehead atoms. The van der Waals surface area contributed by atoms with E-state index >= 15 is 0 Å². The number of hydrogen-bond acceptors (Lipinski definition) is 6. The van der Waals surface area contributed by atoms with E-state index in [0.29, 0.717) is 30.1 Å². The van der Waals surface area contributed by atoms with Crippen LogP contribution in [0.1, 0.15) is 25.0 Å². The number of rotatable bonds is 6. The maximum atomic E-state index is 12.1. The van der Waals surface area contributed by atoms with Crippen molar-refractivity contribution in [3.8, 4) is 0 Å². The fourth-order valence-corrected chi connectivity index (χ4v) is 2.99. The first-order chi connectivity index (χ1) is 13.0. The molecule has 0 saturated heterocycles. The first-order valence-corrected chi connectivity index (χ1v) is 8.65. The molecule has 0 fully saturated rings. The molecule has 3 rings (SSSR count). The van der Waals surface area contributed by atoms with Crippen LogP contribution in [0.4, 0.5) is 11.4 Å². The van der Waals surface area contributed by atoms with Crippen molar-refractivity contribution < 1.29 is 14.6 Å². The number of oxime groups is 1. The Labute approximate surface area is 156 Å². The lowest BCUT2D eigenvalue weighted by atomic mass is 10.0. The molecule has 0 saturated carbocycles. The van der Waals surface area contributed by atoms with Gasteiger partial charge in [0, 0.05) is 24.7 Å². The number of nitrogens with zero attached hydrogens (tertiary/aromatic N) is 3. The average Bonchev–Trinajstić information content (AvgIpc) is 3.04. The van der Waals surface area contributed by atoms with E-state index in [-0.39, 0.29) is 11.3 Å². The fraction of sp³-hybridized carbons (Fsp3) is 0.200. The van der Waals surface area contributed by atoms with Gasteiger partial charge in [0.25, 0.3) is 5.69 Å². The molecular weight excluding hydrogens is 346 g/mol. The molecule has 2 aromatic rings. The second-order valence-electron chi connectivity index (χ2n) is 5.92. The molecule has 1 heterocycles. The van der Waals surface area contributed by atoms with Crippen LogP contribution in [-0.2, 0) is 9.63 Å². The smallest absolute Gasteiger partial charge is 0.367 e. The minimum Gasteiger partial charge on any atom is -0.367 e. The molecule has 0 aliphatic carbocycles. The average molecular weight is 365 g/mol. The molecule has 27 heavy (non-hydrogen) atoms. The lowest BCUT2D eigenvalue weighted by Crippen LogP contribution is -2.22. The summed E-state index contributed by atoms with van der Waals surface area (Å²) >= 11 is 0. The summed E-state index contributed by atoms with van der Waals surface area (Å²) in [6.45, 7) is 5.21. The predicted molar refractivity (Wildman–Crippen MR) is 104 cm³/mol. The van der Waals surface area contributed by atoms with Crippen molar-refractivity contribution in [2.75, 3.05) is 18.0 Å². The van der Waals surface area contributed by atoms with Gasteiger partial charge in [-0.25, -0.2) is 4.79 Å². The largest absolute Gasteiger partial charge is 0.368 e. The molecule has 2 aromatic carbocycles. The van der Waals surface area contributed by atoms with E-state index in [1.54, 1.807) is 18.2 Å². The third kappa shape index (κ3) is 3.72. The summed E-state index contributed by atoms with van der Waals surface area (Å²) in [6.07, 6.45) is 1.57. The van der Waals surface area contributed by atoms with Crippen LogP contribution in [0.3, 0.4) is 0 Å². The highest BCUT2D eigenvalue weighted by atomic mass is 16.7. The Morgan fingerprint density at radius 3 is 2.48 bits per heavy atom. The zero-order valence-corrected chi connectivity index (χ0v) is 15.1. The minimum atomic E-state index is -0.579. The Bertz CT molecular complexity index is 931. The molecule has 0 amide bonds. The van der Waals surface area contributed by atoms with E-state index in [1.165, 1.54) is 6.07 Å². The first kappa shape index (κ1) is 18.3. The number of nitro groups is 1. The summed E-state index contributed by atoms with van der Waals surface area (Å²) in [5, 5.41) is 15.4. The molecule has 1 aliphatic rings. The number of benzene rings is 2. The van der Waals surface area contributed by atoms with Gasteiger partial charge in [-0.05, 0) is 31.6 Å². The normalized spacial score (nSPS) is 14.8. The second-order valence-corrected chi connectivity index (χ2v) is 5.92. The SMILES string of the molecule is CCN(CC)c1ccc(/C=C2\C(=O)ON=C2c2ccccc2)cc1[N+](=O)[O-]. The third-order valence-electron chi connectivity index (χ3n) is 4.35. The van der Waals surface area contributed by atoms with E-state index in [2.05, 4.69) is 5.16 Å². The molecule has 0 radical (unpaired) electrons.